The minimum atomic E-state index is -3.66. The number of fused-ring (bicyclic) bond motifs is 1. The number of sulfonamides is 1. The summed E-state index contributed by atoms with van der Waals surface area (Å²) in [4.78, 5) is 4.36. The Bertz CT molecular complexity index is 1080. The standard InChI is InChI=1S/C16H15FN2O4S2/c1-24(20,21)10-11-6-7-13(17)8-12(11)9-18-16-14-4-2-3-5-15(14)25(22,23)19-16/h2-8H,9-10H2,1H3,(H,18,19). The zero-order valence-corrected chi connectivity index (χ0v) is 14.9. The molecule has 3 rings (SSSR count). The first kappa shape index (κ1) is 17.6. The minimum Gasteiger partial charge on any atom is -0.263 e. The zero-order valence-electron chi connectivity index (χ0n) is 13.2. The van der Waals surface area contributed by atoms with Crippen LogP contribution in [0.4, 0.5) is 4.39 Å². The van der Waals surface area contributed by atoms with Crippen LogP contribution in [0.1, 0.15) is 16.7 Å². The summed E-state index contributed by atoms with van der Waals surface area (Å²) >= 11 is 0. The van der Waals surface area contributed by atoms with Crippen LogP contribution in [0.25, 0.3) is 0 Å². The van der Waals surface area contributed by atoms with Crippen LogP contribution in [0.15, 0.2) is 52.4 Å². The molecule has 1 aliphatic rings. The summed E-state index contributed by atoms with van der Waals surface area (Å²) in [5.74, 6) is -0.597. The summed E-state index contributed by atoms with van der Waals surface area (Å²) in [6.45, 7) is -0.0468. The molecule has 1 heterocycles. The zero-order chi connectivity index (χ0) is 18.2. The van der Waals surface area contributed by atoms with Gasteiger partial charge in [-0.2, -0.15) is 0 Å². The Balaban J connectivity index is 1.97. The lowest BCUT2D eigenvalue weighted by Gasteiger charge is -2.07. The van der Waals surface area contributed by atoms with Crippen LogP contribution in [-0.2, 0) is 32.2 Å². The van der Waals surface area contributed by atoms with Gasteiger partial charge in [-0.05, 0) is 35.4 Å². The molecule has 0 fully saturated rings. The van der Waals surface area contributed by atoms with Crippen molar-refractivity contribution in [3.05, 3.63) is 65.0 Å². The van der Waals surface area contributed by atoms with Crippen LogP contribution in [-0.4, -0.2) is 28.9 Å². The fraction of sp³-hybridized carbons (Fsp3) is 0.188. The molecule has 0 saturated heterocycles. The number of sulfone groups is 1. The number of benzene rings is 2. The predicted molar refractivity (Wildman–Crippen MR) is 92.0 cm³/mol. The van der Waals surface area contributed by atoms with Gasteiger partial charge >= 0.3 is 0 Å². The Morgan fingerprint density at radius 2 is 1.84 bits per heavy atom. The molecule has 132 valence electrons. The summed E-state index contributed by atoms with van der Waals surface area (Å²) in [5.41, 5.74) is 1.26. The molecule has 0 amide bonds. The van der Waals surface area contributed by atoms with Crippen molar-refractivity contribution in [3.8, 4) is 0 Å². The smallest absolute Gasteiger partial charge is 0.263 e. The van der Waals surface area contributed by atoms with E-state index in [1.165, 1.54) is 24.3 Å². The van der Waals surface area contributed by atoms with Crippen molar-refractivity contribution in [2.45, 2.75) is 17.2 Å². The lowest BCUT2D eigenvalue weighted by Crippen LogP contribution is -2.22. The third-order valence-corrected chi connectivity index (χ3v) is 5.89. The topological polar surface area (TPSA) is 92.7 Å². The fourth-order valence-electron chi connectivity index (χ4n) is 2.58. The molecular weight excluding hydrogens is 367 g/mol. The van der Waals surface area contributed by atoms with E-state index in [4.69, 9.17) is 0 Å². The molecular formula is C16H15FN2O4S2. The summed E-state index contributed by atoms with van der Waals surface area (Å²) in [7, 11) is -6.96. The highest BCUT2D eigenvalue weighted by Gasteiger charge is 2.30. The SMILES string of the molecule is CS(=O)(=O)Cc1ccc(F)cc1CN=C1NS(=O)(=O)c2ccccc21. The van der Waals surface area contributed by atoms with Gasteiger partial charge in [-0.25, -0.2) is 21.2 Å². The number of aliphatic imine (C=N–C) groups is 1. The van der Waals surface area contributed by atoms with Gasteiger partial charge in [-0.1, -0.05) is 18.2 Å². The highest BCUT2D eigenvalue weighted by molar-refractivity contribution is 7.90. The van der Waals surface area contributed by atoms with E-state index >= 15 is 0 Å². The van der Waals surface area contributed by atoms with Crippen LogP contribution in [0, 0.1) is 5.82 Å². The molecule has 2 aromatic rings. The average Bonchev–Trinajstić information content (AvgIpc) is 2.78. The Kier molecular flexibility index (Phi) is 4.38. The van der Waals surface area contributed by atoms with Gasteiger partial charge in [0.1, 0.15) is 11.7 Å². The van der Waals surface area contributed by atoms with E-state index in [0.717, 1.165) is 6.26 Å². The van der Waals surface area contributed by atoms with Crippen molar-refractivity contribution >= 4 is 25.7 Å². The summed E-state index contributed by atoms with van der Waals surface area (Å²) in [6.07, 6.45) is 1.09. The first-order chi connectivity index (χ1) is 11.7. The number of nitrogens with zero attached hydrogens (tertiary/aromatic N) is 1. The number of amidine groups is 1. The van der Waals surface area contributed by atoms with Crippen molar-refractivity contribution < 1.29 is 21.2 Å². The first-order valence-electron chi connectivity index (χ1n) is 7.27. The quantitative estimate of drug-likeness (QED) is 0.869. The Morgan fingerprint density at radius 3 is 2.56 bits per heavy atom. The van der Waals surface area contributed by atoms with Crippen LogP contribution < -0.4 is 4.72 Å². The predicted octanol–water partition coefficient (Wildman–Crippen LogP) is 1.61. The second-order valence-corrected chi connectivity index (χ2v) is 9.54. The van der Waals surface area contributed by atoms with Gasteiger partial charge in [0.2, 0.25) is 0 Å². The molecule has 0 aliphatic carbocycles. The number of halogens is 1. The van der Waals surface area contributed by atoms with E-state index < -0.39 is 25.7 Å². The van der Waals surface area contributed by atoms with Crippen molar-refractivity contribution in [2.75, 3.05) is 6.26 Å². The number of nitrogens with one attached hydrogen (secondary N) is 1. The highest BCUT2D eigenvalue weighted by Crippen LogP contribution is 2.23. The second kappa shape index (κ2) is 6.23. The molecule has 1 N–H and O–H groups in total. The molecule has 0 saturated carbocycles. The molecule has 0 spiro atoms. The molecule has 6 nitrogen and oxygen atoms in total. The van der Waals surface area contributed by atoms with Crippen LogP contribution in [0.2, 0.25) is 0 Å². The molecule has 2 aromatic carbocycles. The minimum absolute atomic E-state index is 0.0468. The third-order valence-electron chi connectivity index (χ3n) is 3.66. The Labute approximate surface area is 145 Å². The number of rotatable bonds is 4. The summed E-state index contributed by atoms with van der Waals surface area (Å²) in [6, 6.07) is 10.2. The van der Waals surface area contributed by atoms with Crippen LogP contribution in [0.5, 0.6) is 0 Å². The first-order valence-corrected chi connectivity index (χ1v) is 10.8. The van der Waals surface area contributed by atoms with Gasteiger partial charge in [0.05, 0.1) is 17.2 Å². The van der Waals surface area contributed by atoms with Crippen molar-refractivity contribution in [1.29, 1.82) is 0 Å². The van der Waals surface area contributed by atoms with Crippen LogP contribution in [0.3, 0.4) is 0 Å². The average molecular weight is 382 g/mol. The van der Waals surface area contributed by atoms with Gasteiger partial charge in [-0.3, -0.25) is 9.71 Å². The van der Waals surface area contributed by atoms with E-state index in [9.17, 15) is 21.2 Å². The largest absolute Gasteiger partial charge is 0.263 e. The maximum atomic E-state index is 13.5. The van der Waals surface area contributed by atoms with Crippen molar-refractivity contribution in [1.82, 2.24) is 4.72 Å². The monoisotopic (exact) mass is 382 g/mol. The maximum absolute atomic E-state index is 13.5. The van der Waals surface area contributed by atoms with Gasteiger partial charge in [0.25, 0.3) is 10.0 Å². The van der Waals surface area contributed by atoms with Crippen molar-refractivity contribution in [2.24, 2.45) is 4.99 Å². The van der Waals surface area contributed by atoms with E-state index in [1.807, 2.05) is 0 Å². The molecule has 0 atom stereocenters. The second-order valence-electron chi connectivity index (χ2n) is 5.75. The van der Waals surface area contributed by atoms with Gasteiger partial charge in [-0.15, -0.1) is 0 Å². The summed E-state index contributed by atoms with van der Waals surface area (Å²) in [5, 5.41) is 0. The molecule has 0 radical (unpaired) electrons. The normalized spacial score (nSPS) is 17.3. The van der Waals surface area contributed by atoms with Crippen molar-refractivity contribution in [3.63, 3.8) is 0 Å². The fourth-order valence-corrected chi connectivity index (χ4v) is 4.68. The third kappa shape index (κ3) is 3.88. The molecule has 1 aliphatic heterocycles. The van der Waals surface area contributed by atoms with E-state index in [2.05, 4.69) is 9.71 Å². The Morgan fingerprint density at radius 1 is 1.12 bits per heavy atom. The molecule has 0 aromatic heterocycles. The number of hydrogen-bond donors (Lipinski definition) is 1. The van der Waals surface area contributed by atoms with Gasteiger partial charge in [0, 0.05) is 11.8 Å². The lowest BCUT2D eigenvalue weighted by molar-refractivity contribution is 0.594. The molecule has 25 heavy (non-hydrogen) atoms. The van der Waals surface area contributed by atoms with E-state index in [-0.39, 0.29) is 23.0 Å². The van der Waals surface area contributed by atoms with Gasteiger partial charge < -0.3 is 0 Å². The molecule has 0 bridgehead atoms. The molecule has 9 heteroatoms. The lowest BCUT2D eigenvalue weighted by atomic mass is 10.1. The van der Waals surface area contributed by atoms with Crippen LogP contribution >= 0.6 is 0 Å². The van der Waals surface area contributed by atoms with Gasteiger partial charge in [0.15, 0.2) is 9.84 Å². The van der Waals surface area contributed by atoms with E-state index in [0.29, 0.717) is 16.7 Å². The summed E-state index contributed by atoms with van der Waals surface area (Å²) < 4.78 is 63.0. The highest BCUT2D eigenvalue weighted by atomic mass is 32.2. The van der Waals surface area contributed by atoms with E-state index in [1.54, 1.807) is 18.2 Å². The molecule has 0 unspecified atom stereocenters. The number of hydrogen-bond acceptors (Lipinski definition) is 5. The maximum Gasteiger partial charge on any atom is 0.263 e. The Hall–Kier alpha value is -2.26.